The lowest BCUT2D eigenvalue weighted by molar-refractivity contribution is 0.716. The lowest BCUT2D eigenvalue weighted by Crippen LogP contribution is -2.13. The average Bonchev–Trinajstić information content (AvgIpc) is 3.00. The third-order valence-electron chi connectivity index (χ3n) is 3.35. The van der Waals surface area contributed by atoms with Crippen LogP contribution in [0.5, 0.6) is 0 Å². The van der Waals surface area contributed by atoms with Crippen LogP contribution in [0.15, 0.2) is 53.9 Å². The van der Waals surface area contributed by atoms with E-state index in [1.807, 2.05) is 53.9 Å². The first-order chi connectivity index (χ1) is 10.6. The summed E-state index contributed by atoms with van der Waals surface area (Å²) in [6.07, 6.45) is 0.741. The number of hydrogen-bond acceptors (Lipinski definition) is 3. The summed E-state index contributed by atoms with van der Waals surface area (Å²) in [7, 11) is 0. The lowest BCUT2D eigenvalue weighted by atomic mass is 10.1. The Hall–Kier alpha value is -1.39. The summed E-state index contributed by atoms with van der Waals surface area (Å²) >= 11 is 13.4. The SMILES string of the molecule is NC(Cc1ccc(Cl)cc1)c1nc(-c2ccc(Cl)cc2)cs1. The van der Waals surface area contributed by atoms with Crippen LogP contribution < -0.4 is 5.73 Å². The van der Waals surface area contributed by atoms with Gasteiger partial charge in [0.05, 0.1) is 11.7 Å². The number of thiazole rings is 1. The first-order valence-corrected chi connectivity index (χ1v) is 8.47. The zero-order valence-corrected chi connectivity index (χ0v) is 14.0. The minimum absolute atomic E-state index is 0.118. The fraction of sp³-hybridized carbons (Fsp3) is 0.118. The molecule has 0 saturated carbocycles. The Morgan fingerprint density at radius 3 is 2.18 bits per heavy atom. The zero-order chi connectivity index (χ0) is 15.5. The average molecular weight is 349 g/mol. The molecule has 5 heteroatoms. The number of nitrogens with zero attached hydrogens (tertiary/aromatic N) is 1. The fourth-order valence-electron chi connectivity index (χ4n) is 2.17. The molecule has 0 saturated heterocycles. The molecule has 1 aromatic heterocycles. The van der Waals surface area contributed by atoms with Gasteiger partial charge < -0.3 is 5.73 Å². The molecule has 1 unspecified atom stereocenters. The molecule has 3 rings (SSSR count). The van der Waals surface area contributed by atoms with Crippen LogP contribution in [0.25, 0.3) is 11.3 Å². The van der Waals surface area contributed by atoms with Crippen LogP contribution in [-0.2, 0) is 6.42 Å². The van der Waals surface area contributed by atoms with Crippen molar-refractivity contribution in [2.45, 2.75) is 12.5 Å². The van der Waals surface area contributed by atoms with Crippen LogP contribution >= 0.6 is 34.5 Å². The van der Waals surface area contributed by atoms with Crippen LogP contribution in [-0.4, -0.2) is 4.98 Å². The minimum Gasteiger partial charge on any atom is -0.322 e. The summed E-state index contributed by atoms with van der Waals surface area (Å²) in [5, 5.41) is 4.41. The maximum atomic E-state index is 6.27. The van der Waals surface area contributed by atoms with Crippen molar-refractivity contribution in [3.05, 3.63) is 74.5 Å². The second-order valence-electron chi connectivity index (χ2n) is 5.01. The van der Waals surface area contributed by atoms with E-state index in [0.717, 1.165) is 38.3 Å². The second kappa shape index (κ2) is 6.80. The maximum absolute atomic E-state index is 6.27. The van der Waals surface area contributed by atoms with Gasteiger partial charge in [0, 0.05) is 21.0 Å². The van der Waals surface area contributed by atoms with Crippen LogP contribution in [0.4, 0.5) is 0 Å². The zero-order valence-electron chi connectivity index (χ0n) is 11.7. The van der Waals surface area contributed by atoms with E-state index >= 15 is 0 Å². The molecule has 3 aromatic rings. The van der Waals surface area contributed by atoms with Gasteiger partial charge in [0.1, 0.15) is 5.01 Å². The maximum Gasteiger partial charge on any atom is 0.110 e. The Morgan fingerprint density at radius 1 is 0.955 bits per heavy atom. The standard InChI is InChI=1S/C17H14Cl2N2S/c18-13-5-1-11(2-6-13)9-15(20)17-21-16(10-22-17)12-3-7-14(19)8-4-12/h1-8,10,15H,9,20H2. The number of rotatable bonds is 4. The van der Waals surface area contributed by atoms with E-state index in [4.69, 9.17) is 28.9 Å². The van der Waals surface area contributed by atoms with E-state index < -0.39 is 0 Å². The topological polar surface area (TPSA) is 38.9 Å². The predicted octanol–water partition coefficient (Wildman–Crippen LogP) is 5.36. The molecule has 0 aliphatic carbocycles. The smallest absolute Gasteiger partial charge is 0.110 e. The Bertz CT molecular complexity index is 751. The van der Waals surface area contributed by atoms with E-state index in [2.05, 4.69) is 4.98 Å². The normalized spacial score (nSPS) is 12.3. The largest absolute Gasteiger partial charge is 0.322 e. The van der Waals surface area contributed by atoms with Crippen molar-refractivity contribution in [2.75, 3.05) is 0 Å². The van der Waals surface area contributed by atoms with Gasteiger partial charge in [0.15, 0.2) is 0 Å². The van der Waals surface area contributed by atoms with Gasteiger partial charge in [0.2, 0.25) is 0 Å². The van der Waals surface area contributed by atoms with Crippen molar-refractivity contribution in [3.8, 4) is 11.3 Å². The quantitative estimate of drug-likeness (QED) is 0.689. The highest BCUT2D eigenvalue weighted by Gasteiger charge is 2.13. The molecule has 0 aliphatic rings. The number of hydrogen-bond donors (Lipinski definition) is 1. The highest BCUT2D eigenvalue weighted by molar-refractivity contribution is 7.10. The Kier molecular flexibility index (Phi) is 4.79. The van der Waals surface area contributed by atoms with Crippen LogP contribution in [0.3, 0.4) is 0 Å². The highest BCUT2D eigenvalue weighted by atomic mass is 35.5. The molecule has 112 valence electrons. The van der Waals surface area contributed by atoms with Gasteiger partial charge in [-0.05, 0) is 36.2 Å². The first-order valence-electron chi connectivity index (χ1n) is 6.83. The van der Waals surface area contributed by atoms with Crippen LogP contribution in [0.2, 0.25) is 10.0 Å². The fourth-order valence-corrected chi connectivity index (χ4v) is 3.26. The number of aromatic nitrogens is 1. The lowest BCUT2D eigenvalue weighted by Gasteiger charge is -2.08. The summed E-state index contributed by atoms with van der Waals surface area (Å²) in [4.78, 5) is 4.65. The van der Waals surface area contributed by atoms with E-state index in [-0.39, 0.29) is 6.04 Å². The summed E-state index contributed by atoms with van der Waals surface area (Å²) < 4.78 is 0. The van der Waals surface area contributed by atoms with Crippen molar-refractivity contribution in [1.29, 1.82) is 0 Å². The second-order valence-corrected chi connectivity index (χ2v) is 6.78. The van der Waals surface area contributed by atoms with Gasteiger partial charge in [0.25, 0.3) is 0 Å². The van der Waals surface area contributed by atoms with E-state index in [1.165, 1.54) is 0 Å². The molecule has 1 atom stereocenters. The third kappa shape index (κ3) is 3.68. The van der Waals surface area contributed by atoms with Gasteiger partial charge in [-0.2, -0.15) is 0 Å². The summed E-state index contributed by atoms with van der Waals surface area (Å²) in [5.41, 5.74) is 9.41. The van der Waals surface area contributed by atoms with E-state index in [1.54, 1.807) is 11.3 Å². The van der Waals surface area contributed by atoms with Crippen LogP contribution in [0.1, 0.15) is 16.6 Å². The van der Waals surface area contributed by atoms with Gasteiger partial charge >= 0.3 is 0 Å². The Balaban J connectivity index is 1.75. The van der Waals surface area contributed by atoms with Crippen molar-refractivity contribution >= 4 is 34.5 Å². The molecule has 2 N–H and O–H groups in total. The van der Waals surface area contributed by atoms with Gasteiger partial charge in [-0.3, -0.25) is 0 Å². The molecule has 0 spiro atoms. The molecule has 2 aromatic carbocycles. The Labute approximate surface area is 143 Å². The number of nitrogens with two attached hydrogens (primary N) is 1. The molecule has 0 radical (unpaired) electrons. The molecular formula is C17H14Cl2N2S. The summed E-state index contributed by atoms with van der Waals surface area (Å²) in [6.45, 7) is 0. The monoisotopic (exact) mass is 348 g/mol. The Morgan fingerprint density at radius 2 is 1.55 bits per heavy atom. The van der Waals surface area contributed by atoms with E-state index in [0.29, 0.717) is 0 Å². The molecule has 0 bridgehead atoms. The predicted molar refractivity (Wildman–Crippen MR) is 94.6 cm³/mol. The van der Waals surface area contributed by atoms with Crippen molar-refractivity contribution in [2.24, 2.45) is 5.73 Å². The first kappa shape index (κ1) is 15.5. The summed E-state index contributed by atoms with van der Waals surface area (Å²) in [5.74, 6) is 0. The van der Waals surface area contributed by atoms with Crippen molar-refractivity contribution in [3.63, 3.8) is 0 Å². The number of halogens is 2. The van der Waals surface area contributed by atoms with E-state index in [9.17, 15) is 0 Å². The molecule has 0 amide bonds. The molecular weight excluding hydrogens is 335 g/mol. The highest BCUT2D eigenvalue weighted by Crippen LogP contribution is 2.27. The molecule has 2 nitrogen and oxygen atoms in total. The van der Waals surface area contributed by atoms with Gasteiger partial charge in [-0.1, -0.05) is 47.5 Å². The number of benzene rings is 2. The molecule has 1 heterocycles. The van der Waals surface area contributed by atoms with Gasteiger partial charge in [-0.25, -0.2) is 4.98 Å². The molecule has 0 fully saturated rings. The molecule has 0 aliphatic heterocycles. The molecule has 22 heavy (non-hydrogen) atoms. The van der Waals surface area contributed by atoms with Crippen molar-refractivity contribution < 1.29 is 0 Å². The van der Waals surface area contributed by atoms with Crippen LogP contribution in [0, 0.1) is 0 Å². The minimum atomic E-state index is -0.118. The third-order valence-corrected chi connectivity index (χ3v) is 4.83. The van der Waals surface area contributed by atoms with Crippen molar-refractivity contribution in [1.82, 2.24) is 4.98 Å². The van der Waals surface area contributed by atoms with Gasteiger partial charge in [-0.15, -0.1) is 11.3 Å². The summed E-state index contributed by atoms with van der Waals surface area (Å²) in [6, 6.07) is 15.3.